The quantitative estimate of drug-likeness (QED) is 0.697. The summed E-state index contributed by atoms with van der Waals surface area (Å²) < 4.78 is 5.60. The monoisotopic (exact) mass is 171 g/mol. The van der Waals surface area contributed by atoms with Crippen LogP contribution in [0.2, 0.25) is 0 Å². The SMILES string of the molecule is CCC(C)(OC)C1CNCC1C. The molecule has 3 unspecified atom stereocenters. The van der Waals surface area contributed by atoms with E-state index in [0.717, 1.165) is 25.4 Å². The maximum Gasteiger partial charge on any atom is 0.0691 e. The molecule has 2 nitrogen and oxygen atoms in total. The highest BCUT2D eigenvalue weighted by atomic mass is 16.5. The Morgan fingerprint density at radius 2 is 2.17 bits per heavy atom. The Labute approximate surface area is 75.7 Å². The molecule has 0 radical (unpaired) electrons. The molecule has 0 spiro atoms. The third kappa shape index (κ3) is 1.64. The first-order valence-corrected chi connectivity index (χ1v) is 4.90. The first-order chi connectivity index (χ1) is 5.64. The molecule has 3 atom stereocenters. The third-order valence-electron chi connectivity index (χ3n) is 3.47. The lowest BCUT2D eigenvalue weighted by Crippen LogP contribution is -2.40. The predicted molar refractivity (Wildman–Crippen MR) is 51.2 cm³/mol. The standard InChI is InChI=1S/C10H21NO/c1-5-10(3,12-4)9-7-11-6-8(9)2/h8-9,11H,5-7H2,1-4H3. The highest BCUT2D eigenvalue weighted by Crippen LogP contribution is 2.32. The molecule has 0 amide bonds. The number of hydrogen-bond donors (Lipinski definition) is 1. The zero-order chi connectivity index (χ0) is 9.19. The summed E-state index contributed by atoms with van der Waals surface area (Å²) >= 11 is 0. The molecule has 1 rings (SSSR count). The minimum atomic E-state index is 0.0723. The second-order valence-electron chi connectivity index (χ2n) is 4.11. The molecule has 1 N–H and O–H groups in total. The van der Waals surface area contributed by atoms with Gasteiger partial charge in [0.1, 0.15) is 0 Å². The van der Waals surface area contributed by atoms with Crippen LogP contribution >= 0.6 is 0 Å². The molecule has 72 valence electrons. The van der Waals surface area contributed by atoms with Gasteiger partial charge < -0.3 is 10.1 Å². The second kappa shape index (κ2) is 3.75. The lowest BCUT2D eigenvalue weighted by atomic mass is 9.80. The van der Waals surface area contributed by atoms with Gasteiger partial charge in [0.25, 0.3) is 0 Å². The van der Waals surface area contributed by atoms with Gasteiger partial charge in [-0.25, -0.2) is 0 Å². The largest absolute Gasteiger partial charge is 0.378 e. The van der Waals surface area contributed by atoms with Crippen molar-refractivity contribution in [1.29, 1.82) is 0 Å². The average molecular weight is 171 g/mol. The highest BCUT2D eigenvalue weighted by molar-refractivity contribution is 4.91. The summed E-state index contributed by atoms with van der Waals surface area (Å²) in [5.74, 6) is 1.42. The fraction of sp³-hybridized carbons (Fsp3) is 1.00. The van der Waals surface area contributed by atoms with Crippen LogP contribution in [0.5, 0.6) is 0 Å². The number of methoxy groups -OCH3 is 1. The van der Waals surface area contributed by atoms with E-state index < -0.39 is 0 Å². The summed E-state index contributed by atoms with van der Waals surface area (Å²) in [6.07, 6.45) is 1.10. The molecule has 1 fully saturated rings. The summed E-state index contributed by atoms with van der Waals surface area (Å²) in [7, 11) is 1.83. The van der Waals surface area contributed by atoms with Crippen LogP contribution in [0.3, 0.4) is 0 Å². The molecule has 0 aromatic carbocycles. The van der Waals surface area contributed by atoms with E-state index in [-0.39, 0.29) is 5.60 Å². The van der Waals surface area contributed by atoms with Gasteiger partial charge >= 0.3 is 0 Å². The molecular formula is C10H21NO. The molecular weight excluding hydrogens is 150 g/mol. The van der Waals surface area contributed by atoms with Gasteiger partial charge in [0, 0.05) is 19.6 Å². The van der Waals surface area contributed by atoms with Crippen LogP contribution in [-0.2, 0) is 4.74 Å². The van der Waals surface area contributed by atoms with Gasteiger partial charge in [-0.15, -0.1) is 0 Å². The molecule has 1 aliphatic rings. The molecule has 0 saturated carbocycles. The maximum atomic E-state index is 5.60. The summed E-state index contributed by atoms with van der Waals surface area (Å²) in [5.41, 5.74) is 0.0723. The Hall–Kier alpha value is -0.0800. The van der Waals surface area contributed by atoms with Crippen LogP contribution in [0.25, 0.3) is 0 Å². The van der Waals surface area contributed by atoms with Crippen molar-refractivity contribution < 1.29 is 4.74 Å². The van der Waals surface area contributed by atoms with Crippen LogP contribution < -0.4 is 5.32 Å². The molecule has 0 aliphatic carbocycles. The topological polar surface area (TPSA) is 21.3 Å². The summed E-state index contributed by atoms with van der Waals surface area (Å²) in [6, 6.07) is 0. The minimum absolute atomic E-state index is 0.0723. The van der Waals surface area contributed by atoms with E-state index in [1.54, 1.807) is 0 Å². The van der Waals surface area contributed by atoms with Crippen LogP contribution in [0.1, 0.15) is 27.2 Å². The van der Waals surface area contributed by atoms with Crippen LogP contribution in [-0.4, -0.2) is 25.8 Å². The van der Waals surface area contributed by atoms with E-state index in [9.17, 15) is 0 Å². The third-order valence-corrected chi connectivity index (χ3v) is 3.47. The molecule has 1 aliphatic heterocycles. The van der Waals surface area contributed by atoms with Gasteiger partial charge in [0.15, 0.2) is 0 Å². The lowest BCUT2D eigenvalue weighted by Gasteiger charge is -2.35. The van der Waals surface area contributed by atoms with Crippen molar-refractivity contribution in [3.8, 4) is 0 Å². The van der Waals surface area contributed by atoms with E-state index in [0.29, 0.717) is 5.92 Å². The Morgan fingerprint density at radius 1 is 1.50 bits per heavy atom. The Balaban J connectivity index is 2.64. The van der Waals surface area contributed by atoms with Crippen LogP contribution in [0, 0.1) is 11.8 Å². The average Bonchev–Trinajstić information content (AvgIpc) is 2.51. The number of nitrogens with one attached hydrogen (secondary N) is 1. The zero-order valence-corrected chi connectivity index (χ0v) is 8.68. The molecule has 1 heterocycles. The maximum absolute atomic E-state index is 5.60. The number of rotatable bonds is 3. The Morgan fingerprint density at radius 3 is 2.50 bits per heavy atom. The summed E-state index contributed by atoms with van der Waals surface area (Å²) in [4.78, 5) is 0. The smallest absolute Gasteiger partial charge is 0.0691 e. The van der Waals surface area contributed by atoms with E-state index in [1.807, 2.05) is 7.11 Å². The molecule has 0 bridgehead atoms. The first-order valence-electron chi connectivity index (χ1n) is 4.90. The van der Waals surface area contributed by atoms with Gasteiger partial charge in [-0.1, -0.05) is 13.8 Å². The Bertz CT molecular complexity index is 143. The van der Waals surface area contributed by atoms with Crippen molar-refractivity contribution in [2.45, 2.75) is 32.8 Å². The zero-order valence-electron chi connectivity index (χ0n) is 8.68. The van der Waals surface area contributed by atoms with Gasteiger partial charge in [0.2, 0.25) is 0 Å². The lowest BCUT2D eigenvalue weighted by molar-refractivity contribution is -0.0514. The predicted octanol–water partition coefficient (Wildman–Crippen LogP) is 1.66. The number of hydrogen-bond acceptors (Lipinski definition) is 2. The minimum Gasteiger partial charge on any atom is -0.378 e. The van der Waals surface area contributed by atoms with Crippen LogP contribution in [0.15, 0.2) is 0 Å². The van der Waals surface area contributed by atoms with Crippen molar-refractivity contribution in [2.75, 3.05) is 20.2 Å². The fourth-order valence-corrected chi connectivity index (χ4v) is 2.19. The molecule has 12 heavy (non-hydrogen) atoms. The first kappa shape index (κ1) is 10.0. The van der Waals surface area contributed by atoms with Gasteiger partial charge in [0.05, 0.1) is 5.60 Å². The second-order valence-corrected chi connectivity index (χ2v) is 4.11. The van der Waals surface area contributed by atoms with Gasteiger partial charge in [-0.2, -0.15) is 0 Å². The van der Waals surface area contributed by atoms with E-state index >= 15 is 0 Å². The van der Waals surface area contributed by atoms with E-state index in [1.165, 1.54) is 0 Å². The highest BCUT2D eigenvalue weighted by Gasteiger charge is 2.38. The van der Waals surface area contributed by atoms with E-state index in [2.05, 4.69) is 26.1 Å². The summed E-state index contributed by atoms with van der Waals surface area (Å²) in [5, 5.41) is 3.42. The molecule has 2 heteroatoms. The molecule has 0 aromatic heterocycles. The van der Waals surface area contributed by atoms with Crippen molar-refractivity contribution in [1.82, 2.24) is 5.32 Å². The number of ether oxygens (including phenoxy) is 1. The van der Waals surface area contributed by atoms with Crippen LogP contribution in [0.4, 0.5) is 0 Å². The molecule has 0 aromatic rings. The molecule has 1 saturated heterocycles. The van der Waals surface area contributed by atoms with Crippen molar-refractivity contribution >= 4 is 0 Å². The summed E-state index contributed by atoms with van der Waals surface area (Å²) in [6.45, 7) is 8.98. The van der Waals surface area contributed by atoms with Gasteiger partial charge in [-0.3, -0.25) is 0 Å². The van der Waals surface area contributed by atoms with Crippen molar-refractivity contribution in [3.63, 3.8) is 0 Å². The normalized spacial score (nSPS) is 35.0. The van der Waals surface area contributed by atoms with Crippen molar-refractivity contribution in [2.24, 2.45) is 11.8 Å². The van der Waals surface area contributed by atoms with Gasteiger partial charge in [-0.05, 0) is 25.8 Å². The van der Waals surface area contributed by atoms with E-state index in [4.69, 9.17) is 4.74 Å². The Kier molecular flexibility index (Phi) is 3.13. The van der Waals surface area contributed by atoms with Crippen molar-refractivity contribution in [3.05, 3.63) is 0 Å². The fourth-order valence-electron chi connectivity index (χ4n) is 2.19.